The molecule has 0 atom stereocenters. The Bertz CT molecular complexity index is 475. The maximum absolute atomic E-state index is 5.79. The first-order valence-electron chi connectivity index (χ1n) is 5.31. The minimum Gasteiger partial charge on any atom is -0.384 e. The normalized spacial score (nSPS) is 11.1. The summed E-state index contributed by atoms with van der Waals surface area (Å²) >= 11 is 0. The first-order chi connectivity index (χ1) is 7.16. The van der Waals surface area contributed by atoms with Crippen molar-refractivity contribution in [2.75, 3.05) is 5.73 Å². The van der Waals surface area contributed by atoms with E-state index >= 15 is 0 Å². The fourth-order valence-corrected chi connectivity index (χ4v) is 1.88. The molecule has 0 saturated carbocycles. The maximum Gasteiger partial charge on any atom is 0.124 e. The van der Waals surface area contributed by atoms with Crippen LogP contribution in [-0.4, -0.2) is 4.98 Å². The van der Waals surface area contributed by atoms with Crippen molar-refractivity contribution in [3.63, 3.8) is 0 Å². The molecule has 1 aromatic heterocycles. The Labute approximate surface area is 90.1 Å². The molecule has 0 bridgehead atoms. The third kappa shape index (κ3) is 2.09. The Morgan fingerprint density at radius 2 is 2.00 bits per heavy atom. The van der Waals surface area contributed by atoms with Crippen LogP contribution in [0, 0.1) is 5.92 Å². The number of nitrogens with zero attached hydrogens (tertiary/aromatic N) is 1. The van der Waals surface area contributed by atoms with Crippen molar-refractivity contribution in [3.8, 4) is 0 Å². The van der Waals surface area contributed by atoms with Crippen LogP contribution in [-0.2, 0) is 6.42 Å². The van der Waals surface area contributed by atoms with Crippen molar-refractivity contribution in [2.45, 2.75) is 20.3 Å². The summed E-state index contributed by atoms with van der Waals surface area (Å²) in [5, 5.41) is 1.22. The highest BCUT2D eigenvalue weighted by Crippen LogP contribution is 2.21. The minimum atomic E-state index is 0.615. The average molecular weight is 200 g/mol. The summed E-state index contributed by atoms with van der Waals surface area (Å²) < 4.78 is 0. The van der Waals surface area contributed by atoms with Crippen molar-refractivity contribution in [1.82, 2.24) is 4.98 Å². The fraction of sp³-hybridized carbons (Fsp3) is 0.308. The Morgan fingerprint density at radius 1 is 1.27 bits per heavy atom. The van der Waals surface area contributed by atoms with Crippen molar-refractivity contribution >= 4 is 16.7 Å². The molecule has 0 radical (unpaired) electrons. The van der Waals surface area contributed by atoms with Gasteiger partial charge in [0, 0.05) is 5.39 Å². The molecule has 78 valence electrons. The van der Waals surface area contributed by atoms with Gasteiger partial charge >= 0.3 is 0 Å². The molecule has 0 unspecified atom stereocenters. The van der Waals surface area contributed by atoms with Crippen LogP contribution in [0.4, 0.5) is 5.82 Å². The lowest BCUT2D eigenvalue weighted by Gasteiger charge is -2.09. The van der Waals surface area contributed by atoms with E-state index in [0.29, 0.717) is 11.7 Å². The standard InChI is InChI=1S/C13H16N2/c1-9(2)7-10-8-13(14)15-12-6-4-3-5-11(10)12/h3-6,8-9H,7H2,1-2H3,(H2,14,15). The number of para-hydroxylation sites is 1. The number of anilines is 1. The summed E-state index contributed by atoms with van der Waals surface area (Å²) in [6.45, 7) is 4.43. The second-order valence-corrected chi connectivity index (χ2v) is 4.32. The molecular weight excluding hydrogens is 184 g/mol. The van der Waals surface area contributed by atoms with Crippen LogP contribution in [0.25, 0.3) is 10.9 Å². The van der Waals surface area contributed by atoms with Gasteiger partial charge in [-0.2, -0.15) is 0 Å². The first-order valence-corrected chi connectivity index (χ1v) is 5.31. The number of aromatic nitrogens is 1. The molecule has 2 N–H and O–H groups in total. The van der Waals surface area contributed by atoms with Crippen molar-refractivity contribution in [1.29, 1.82) is 0 Å². The van der Waals surface area contributed by atoms with Crippen LogP contribution in [0.5, 0.6) is 0 Å². The molecule has 0 amide bonds. The number of benzene rings is 1. The number of nitrogen functional groups attached to an aromatic ring is 1. The number of hydrogen-bond acceptors (Lipinski definition) is 2. The second kappa shape index (κ2) is 3.89. The molecule has 0 aliphatic carbocycles. The zero-order chi connectivity index (χ0) is 10.8. The molecule has 0 aliphatic rings. The fourth-order valence-electron chi connectivity index (χ4n) is 1.88. The highest BCUT2D eigenvalue weighted by Gasteiger charge is 2.05. The molecule has 2 nitrogen and oxygen atoms in total. The van der Waals surface area contributed by atoms with E-state index in [1.165, 1.54) is 10.9 Å². The first kappa shape index (κ1) is 9.97. The van der Waals surface area contributed by atoms with E-state index in [9.17, 15) is 0 Å². The number of fused-ring (bicyclic) bond motifs is 1. The molecule has 1 aromatic carbocycles. The molecule has 2 heteroatoms. The SMILES string of the molecule is CC(C)Cc1cc(N)nc2ccccc12. The Kier molecular flexibility index (Phi) is 2.58. The lowest BCUT2D eigenvalue weighted by molar-refractivity contribution is 0.650. The van der Waals surface area contributed by atoms with Crippen molar-refractivity contribution in [2.24, 2.45) is 5.92 Å². The number of rotatable bonds is 2. The monoisotopic (exact) mass is 200 g/mol. The van der Waals surface area contributed by atoms with Gasteiger partial charge in [0.1, 0.15) is 5.82 Å². The summed E-state index contributed by atoms with van der Waals surface area (Å²) in [7, 11) is 0. The average Bonchev–Trinajstić information content (AvgIpc) is 2.16. The van der Waals surface area contributed by atoms with E-state index in [4.69, 9.17) is 5.73 Å². The number of pyridine rings is 1. The highest BCUT2D eigenvalue weighted by atomic mass is 14.8. The summed E-state index contributed by atoms with van der Waals surface area (Å²) in [6.07, 6.45) is 1.05. The van der Waals surface area contributed by atoms with Crippen molar-refractivity contribution < 1.29 is 0 Å². The third-order valence-electron chi connectivity index (χ3n) is 2.45. The quantitative estimate of drug-likeness (QED) is 0.809. The summed E-state index contributed by atoms with van der Waals surface area (Å²) in [6, 6.07) is 10.1. The van der Waals surface area contributed by atoms with Crippen LogP contribution < -0.4 is 5.73 Å². The molecule has 15 heavy (non-hydrogen) atoms. The van der Waals surface area contributed by atoms with E-state index in [-0.39, 0.29) is 0 Å². The Balaban J connectivity index is 2.60. The topological polar surface area (TPSA) is 38.9 Å². The molecule has 1 heterocycles. The molecule has 0 spiro atoms. The lowest BCUT2D eigenvalue weighted by Crippen LogP contribution is -1.99. The van der Waals surface area contributed by atoms with Gasteiger partial charge in [0.25, 0.3) is 0 Å². The smallest absolute Gasteiger partial charge is 0.124 e. The van der Waals surface area contributed by atoms with Crippen LogP contribution in [0.3, 0.4) is 0 Å². The largest absolute Gasteiger partial charge is 0.384 e. The summed E-state index contributed by atoms with van der Waals surface area (Å²) in [5.41, 5.74) is 8.08. The van der Waals surface area contributed by atoms with Crippen LogP contribution >= 0.6 is 0 Å². The summed E-state index contributed by atoms with van der Waals surface area (Å²) in [4.78, 5) is 4.32. The molecule has 2 rings (SSSR count). The minimum absolute atomic E-state index is 0.615. The van der Waals surface area contributed by atoms with Crippen molar-refractivity contribution in [3.05, 3.63) is 35.9 Å². The number of nitrogens with two attached hydrogens (primary N) is 1. The van der Waals surface area contributed by atoms with Gasteiger partial charge in [-0.25, -0.2) is 4.98 Å². The van der Waals surface area contributed by atoms with Gasteiger partial charge in [-0.05, 0) is 30.0 Å². The molecule has 0 saturated heterocycles. The van der Waals surface area contributed by atoms with Crippen LogP contribution in [0.1, 0.15) is 19.4 Å². The van der Waals surface area contributed by atoms with Gasteiger partial charge in [-0.15, -0.1) is 0 Å². The van der Waals surface area contributed by atoms with E-state index < -0.39 is 0 Å². The van der Waals surface area contributed by atoms with Gasteiger partial charge in [0.2, 0.25) is 0 Å². The van der Waals surface area contributed by atoms with E-state index in [2.05, 4.69) is 24.9 Å². The van der Waals surface area contributed by atoms with Gasteiger partial charge in [-0.3, -0.25) is 0 Å². The maximum atomic E-state index is 5.79. The van der Waals surface area contributed by atoms with E-state index in [1.54, 1.807) is 0 Å². The third-order valence-corrected chi connectivity index (χ3v) is 2.45. The summed E-state index contributed by atoms with van der Waals surface area (Å²) in [5.74, 6) is 1.25. The second-order valence-electron chi connectivity index (χ2n) is 4.32. The van der Waals surface area contributed by atoms with Crippen LogP contribution in [0.2, 0.25) is 0 Å². The Morgan fingerprint density at radius 3 is 2.73 bits per heavy atom. The van der Waals surface area contributed by atoms with E-state index in [0.717, 1.165) is 11.9 Å². The lowest BCUT2D eigenvalue weighted by atomic mass is 9.99. The Hall–Kier alpha value is -1.57. The zero-order valence-corrected chi connectivity index (χ0v) is 9.20. The van der Waals surface area contributed by atoms with Gasteiger partial charge in [-0.1, -0.05) is 32.0 Å². The zero-order valence-electron chi connectivity index (χ0n) is 9.20. The molecular formula is C13H16N2. The highest BCUT2D eigenvalue weighted by molar-refractivity contribution is 5.83. The predicted molar refractivity (Wildman–Crippen MR) is 64.7 cm³/mol. The molecule has 0 fully saturated rings. The molecule has 2 aromatic rings. The number of hydrogen-bond donors (Lipinski definition) is 1. The van der Waals surface area contributed by atoms with Gasteiger partial charge in [0.05, 0.1) is 5.52 Å². The van der Waals surface area contributed by atoms with E-state index in [1.807, 2.05) is 24.3 Å². The van der Waals surface area contributed by atoms with Gasteiger partial charge in [0.15, 0.2) is 0 Å². The predicted octanol–water partition coefficient (Wildman–Crippen LogP) is 3.02. The van der Waals surface area contributed by atoms with Crippen LogP contribution in [0.15, 0.2) is 30.3 Å². The van der Waals surface area contributed by atoms with Gasteiger partial charge < -0.3 is 5.73 Å². The molecule has 0 aliphatic heterocycles.